The second-order valence-corrected chi connectivity index (χ2v) is 5.11. The van der Waals surface area contributed by atoms with E-state index in [2.05, 4.69) is 28.0 Å². The predicted octanol–water partition coefficient (Wildman–Crippen LogP) is 3.49. The molecule has 2 aromatic carbocycles. The molecule has 0 aromatic heterocycles. The molecule has 2 aromatic rings. The Balaban J connectivity index is 1.65. The standard InChI is InChI=1S/C17H18ClN3O/c18-15-10-4-5-11-16(15)19-13-17(22)21-20-12-6-9-14-7-2-1-3-8-14/h1-5,7-8,10-12,19H,6,9,13H2,(H,21,22). The zero-order valence-electron chi connectivity index (χ0n) is 12.1. The second kappa shape index (κ2) is 8.85. The van der Waals surface area contributed by atoms with E-state index in [1.165, 1.54) is 5.56 Å². The summed E-state index contributed by atoms with van der Waals surface area (Å²) in [5, 5.41) is 7.47. The van der Waals surface area contributed by atoms with Crippen molar-refractivity contribution in [3.63, 3.8) is 0 Å². The van der Waals surface area contributed by atoms with E-state index in [1.54, 1.807) is 12.3 Å². The van der Waals surface area contributed by atoms with Crippen LogP contribution in [0.25, 0.3) is 0 Å². The van der Waals surface area contributed by atoms with Gasteiger partial charge in [-0.05, 0) is 30.5 Å². The Morgan fingerprint density at radius 1 is 1.09 bits per heavy atom. The summed E-state index contributed by atoms with van der Waals surface area (Å²) in [6, 6.07) is 17.4. The quantitative estimate of drug-likeness (QED) is 0.607. The van der Waals surface area contributed by atoms with Crippen molar-refractivity contribution >= 4 is 29.4 Å². The van der Waals surface area contributed by atoms with E-state index >= 15 is 0 Å². The highest BCUT2D eigenvalue weighted by atomic mass is 35.5. The Bertz CT molecular complexity index is 629. The number of hydrogen-bond acceptors (Lipinski definition) is 3. The molecule has 0 saturated heterocycles. The molecule has 0 bridgehead atoms. The Labute approximate surface area is 135 Å². The fourth-order valence-electron chi connectivity index (χ4n) is 1.88. The molecular formula is C17H18ClN3O. The van der Waals surface area contributed by atoms with Crippen LogP contribution in [0.15, 0.2) is 59.7 Å². The van der Waals surface area contributed by atoms with Crippen LogP contribution in [0, 0.1) is 0 Å². The van der Waals surface area contributed by atoms with Crippen molar-refractivity contribution < 1.29 is 4.79 Å². The Hall–Kier alpha value is -2.33. The van der Waals surface area contributed by atoms with Gasteiger partial charge in [0.1, 0.15) is 0 Å². The first kappa shape index (κ1) is 16.0. The van der Waals surface area contributed by atoms with Crippen molar-refractivity contribution in [2.75, 3.05) is 11.9 Å². The van der Waals surface area contributed by atoms with Gasteiger partial charge in [0.05, 0.1) is 17.3 Å². The van der Waals surface area contributed by atoms with Crippen molar-refractivity contribution in [1.82, 2.24) is 5.43 Å². The van der Waals surface area contributed by atoms with E-state index in [9.17, 15) is 4.79 Å². The lowest BCUT2D eigenvalue weighted by atomic mass is 10.1. The number of aryl methyl sites for hydroxylation is 1. The highest BCUT2D eigenvalue weighted by Gasteiger charge is 2.01. The van der Waals surface area contributed by atoms with Gasteiger partial charge in [0.2, 0.25) is 0 Å². The van der Waals surface area contributed by atoms with Gasteiger partial charge < -0.3 is 5.32 Å². The van der Waals surface area contributed by atoms with Crippen LogP contribution in [-0.4, -0.2) is 18.7 Å². The number of nitrogens with one attached hydrogen (secondary N) is 2. The number of amides is 1. The molecule has 0 aliphatic carbocycles. The monoisotopic (exact) mass is 315 g/mol. The van der Waals surface area contributed by atoms with Crippen LogP contribution >= 0.6 is 11.6 Å². The van der Waals surface area contributed by atoms with Crippen LogP contribution in [0.1, 0.15) is 12.0 Å². The lowest BCUT2D eigenvalue weighted by Crippen LogP contribution is -2.25. The number of carbonyl (C=O) groups excluding carboxylic acids is 1. The number of hydrogen-bond donors (Lipinski definition) is 2. The van der Waals surface area contributed by atoms with E-state index in [4.69, 9.17) is 11.6 Å². The second-order valence-electron chi connectivity index (χ2n) is 4.70. The minimum absolute atomic E-state index is 0.125. The number of carbonyl (C=O) groups is 1. The summed E-state index contributed by atoms with van der Waals surface area (Å²) >= 11 is 5.99. The molecule has 0 unspecified atom stereocenters. The van der Waals surface area contributed by atoms with Crippen LogP contribution in [-0.2, 0) is 11.2 Å². The number of hydrazone groups is 1. The summed E-state index contributed by atoms with van der Waals surface area (Å²) in [5.74, 6) is -0.212. The third-order valence-electron chi connectivity index (χ3n) is 3.00. The van der Waals surface area contributed by atoms with Crippen molar-refractivity contribution in [1.29, 1.82) is 0 Å². The summed E-state index contributed by atoms with van der Waals surface area (Å²) in [7, 11) is 0. The summed E-state index contributed by atoms with van der Waals surface area (Å²) in [6.07, 6.45) is 3.39. The fraction of sp³-hybridized carbons (Fsp3) is 0.176. The van der Waals surface area contributed by atoms with E-state index in [-0.39, 0.29) is 12.5 Å². The van der Waals surface area contributed by atoms with Gasteiger partial charge in [0.15, 0.2) is 0 Å². The molecule has 2 rings (SSSR count). The van der Waals surface area contributed by atoms with Crippen molar-refractivity contribution in [2.24, 2.45) is 5.10 Å². The first-order valence-corrected chi connectivity index (χ1v) is 7.46. The number of rotatable bonds is 7. The van der Waals surface area contributed by atoms with Gasteiger partial charge in [-0.1, -0.05) is 54.1 Å². The van der Waals surface area contributed by atoms with Crippen LogP contribution in [0.2, 0.25) is 5.02 Å². The van der Waals surface area contributed by atoms with Gasteiger partial charge >= 0.3 is 0 Å². The molecule has 0 heterocycles. The van der Waals surface area contributed by atoms with E-state index < -0.39 is 0 Å². The number of para-hydroxylation sites is 1. The normalized spacial score (nSPS) is 10.6. The maximum atomic E-state index is 11.6. The zero-order chi connectivity index (χ0) is 15.6. The SMILES string of the molecule is O=C(CNc1ccccc1Cl)NN=CCCc1ccccc1. The highest BCUT2D eigenvalue weighted by molar-refractivity contribution is 6.33. The third kappa shape index (κ3) is 5.58. The molecule has 0 radical (unpaired) electrons. The lowest BCUT2D eigenvalue weighted by Gasteiger charge is -2.06. The molecule has 22 heavy (non-hydrogen) atoms. The molecule has 0 fully saturated rings. The van der Waals surface area contributed by atoms with Gasteiger partial charge in [-0.2, -0.15) is 5.10 Å². The molecule has 0 spiro atoms. The van der Waals surface area contributed by atoms with Crippen LogP contribution in [0.3, 0.4) is 0 Å². The smallest absolute Gasteiger partial charge is 0.259 e. The van der Waals surface area contributed by atoms with E-state index in [0.717, 1.165) is 18.5 Å². The lowest BCUT2D eigenvalue weighted by molar-refractivity contribution is -0.119. The topological polar surface area (TPSA) is 53.5 Å². The summed E-state index contributed by atoms with van der Waals surface area (Å²) in [5.41, 5.74) is 4.46. The third-order valence-corrected chi connectivity index (χ3v) is 3.33. The van der Waals surface area contributed by atoms with E-state index in [1.807, 2.05) is 36.4 Å². The van der Waals surface area contributed by atoms with Crippen LogP contribution in [0.5, 0.6) is 0 Å². The largest absolute Gasteiger partial charge is 0.375 e. The average Bonchev–Trinajstić information content (AvgIpc) is 2.55. The van der Waals surface area contributed by atoms with Crippen LogP contribution in [0.4, 0.5) is 5.69 Å². The molecule has 2 N–H and O–H groups in total. The molecule has 114 valence electrons. The molecule has 0 aliphatic heterocycles. The zero-order valence-corrected chi connectivity index (χ0v) is 12.9. The summed E-state index contributed by atoms with van der Waals surface area (Å²) < 4.78 is 0. The summed E-state index contributed by atoms with van der Waals surface area (Å²) in [6.45, 7) is 0.125. The Morgan fingerprint density at radius 2 is 1.82 bits per heavy atom. The van der Waals surface area contributed by atoms with Crippen molar-refractivity contribution in [3.05, 3.63) is 65.2 Å². The number of nitrogens with zero attached hydrogens (tertiary/aromatic N) is 1. The maximum Gasteiger partial charge on any atom is 0.259 e. The van der Waals surface area contributed by atoms with Gasteiger partial charge in [-0.25, -0.2) is 5.43 Å². The van der Waals surface area contributed by atoms with Crippen molar-refractivity contribution in [3.8, 4) is 0 Å². The molecular weight excluding hydrogens is 298 g/mol. The Morgan fingerprint density at radius 3 is 2.59 bits per heavy atom. The molecule has 0 atom stereocenters. The highest BCUT2D eigenvalue weighted by Crippen LogP contribution is 2.19. The molecule has 4 nitrogen and oxygen atoms in total. The number of anilines is 1. The molecule has 0 aliphatic rings. The number of halogens is 1. The van der Waals surface area contributed by atoms with Gasteiger partial charge in [-0.3, -0.25) is 4.79 Å². The Kier molecular flexibility index (Phi) is 6.45. The number of benzene rings is 2. The minimum Gasteiger partial charge on any atom is -0.375 e. The van der Waals surface area contributed by atoms with Gasteiger partial charge in [-0.15, -0.1) is 0 Å². The van der Waals surface area contributed by atoms with Gasteiger partial charge in [0, 0.05) is 6.21 Å². The average molecular weight is 316 g/mol. The molecule has 5 heteroatoms. The summed E-state index contributed by atoms with van der Waals surface area (Å²) in [4.78, 5) is 11.6. The van der Waals surface area contributed by atoms with Crippen molar-refractivity contribution in [2.45, 2.75) is 12.8 Å². The first-order chi connectivity index (χ1) is 10.8. The minimum atomic E-state index is -0.212. The van der Waals surface area contributed by atoms with Crippen LogP contribution < -0.4 is 10.7 Å². The van der Waals surface area contributed by atoms with E-state index in [0.29, 0.717) is 5.02 Å². The first-order valence-electron chi connectivity index (χ1n) is 7.08. The molecule has 0 saturated carbocycles. The maximum absolute atomic E-state index is 11.6. The van der Waals surface area contributed by atoms with Gasteiger partial charge in [0.25, 0.3) is 5.91 Å². The molecule has 1 amide bonds. The predicted molar refractivity (Wildman–Crippen MR) is 91.3 cm³/mol. The fourth-order valence-corrected chi connectivity index (χ4v) is 2.08.